The molecule has 0 unspecified atom stereocenters. The van der Waals surface area contributed by atoms with Gasteiger partial charge in [-0.2, -0.15) is 0 Å². The first kappa shape index (κ1) is 12.9. The Morgan fingerprint density at radius 1 is 1.28 bits per heavy atom. The molecule has 0 saturated heterocycles. The van der Waals surface area contributed by atoms with Crippen molar-refractivity contribution in [3.05, 3.63) is 30.0 Å². The van der Waals surface area contributed by atoms with Gasteiger partial charge >= 0.3 is 0 Å². The Morgan fingerprint density at radius 2 is 2.00 bits per heavy atom. The predicted octanol–water partition coefficient (Wildman–Crippen LogP) is 3.95. The second kappa shape index (κ2) is 5.40. The van der Waals surface area contributed by atoms with E-state index >= 15 is 0 Å². The summed E-state index contributed by atoms with van der Waals surface area (Å²) in [6, 6.07) is 8.11. The number of ether oxygens (including phenoxy) is 1. The van der Waals surface area contributed by atoms with E-state index in [1.54, 1.807) is 11.3 Å². The van der Waals surface area contributed by atoms with E-state index in [1.165, 1.54) is 0 Å². The maximum atomic E-state index is 5.86. The van der Waals surface area contributed by atoms with E-state index < -0.39 is 0 Å². The summed E-state index contributed by atoms with van der Waals surface area (Å²) >= 11 is 1.65. The van der Waals surface area contributed by atoms with Crippen LogP contribution in [0.2, 0.25) is 0 Å². The van der Waals surface area contributed by atoms with Crippen LogP contribution >= 0.6 is 11.3 Å². The third-order valence-corrected chi connectivity index (χ3v) is 3.71. The van der Waals surface area contributed by atoms with Gasteiger partial charge in [0.15, 0.2) is 5.13 Å². The van der Waals surface area contributed by atoms with Crippen molar-refractivity contribution in [1.29, 1.82) is 0 Å². The van der Waals surface area contributed by atoms with Crippen molar-refractivity contribution in [3.63, 3.8) is 0 Å². The molecule has 0 fully saturated rings. The lowest BCUT2D eigenvalue weighted by Crippen LogP contribution is -2.06. The van der Waals surface area contributed by atoms with E-state index in [2.05, 4.69) is 16.4 Å². The van der Waals surface area contributed by atoms with Gasteiger partial charge in [0.2, 0.25) is 0 Å². The van der Waals surface area contributed by atoms with Crippen LogP contribution in [0.15, 0.2) is 24.3 Å². The number of nitrogens with zero attached hydrogens (tertiary/aromatic N) is 1. The number of nitrogens with one attached hydrogen (secondary N) is 1. The van der Waals surface area contributed by atoms with Crippen LogP contribution in [-0.2, 0) is 0 Å². The molecule has 0 aliphatic rings. The van der Waals surface area contributed by atoms with Gasteiger partial charge in [0.1, 0.15) is 5.75 Å². The van der Waals surface area contributed by atoms with Crippen LogP contribution in [0.3, 0.4) is 0 Å². The number of rotatable bonds is 4. The van der Waals surface area contributed by atoms with Gasteiger partial charge in [0, 0.05) is 12.6 Å². The monoisotopic (exact) mass is 262 g/mol. The normalized spacial score (nSPS) is 10.7. The molecule has 1 aromatic carbocycles. The Balaban J connectivity index is 2.46. The maximum Gasteiger partial charge on any atom is 0.183 e. The van der Waals surface area contributed by atoms with Crippen molar-refractivity contribution in [2.75, 3.05) is 12.4 Å². The number of anilines is 1. The second-order valence-electron chi connectivity index (χ2n) is 4.35. The minimum Gasteiger partial charge on any atom is -0.490 e. The van der Waals surface area contributed by atoms with Gasteiger partial charge in [-0.15, -0.1) is 0 Å². The second-order valence-corrected chi connectivity index (χ2v) is 5.35. The summed E-state index contributed by atoms with van der Waals surface area (Å²) in [6.45, 7) is 6.10. The fourth-order valence-corrected chi connectivity index (χ4v) is 2.71. The quantitative estimate of drug-likeness (QED) is 0.906. The Morgan fingerprint density at radius 3 is 2.61 bits per heavy atom. The van der Waals surface area contributed by atoms with Crippen LogP contribution in [0.4, 0.5) is 5.13 Å². The van der Waals surface area contributed by atoms with Crippen LogP contribution in [0.1, 0.15) is 19.5 Å². The lowest BCUT2D eigenvalue weighted by Gasteiger charge is -2.13. The third kappa shape index (κ3) is 2.64. The van der Waals surface area contributed by atoms with Crippen molar-refractivity contribution in [2.24, 2.45) is 0 Å². The molecule has 96 valence electrons. The molecule has 1 N–H and O–H groups in total. The highest BCUT2D eigenvalue weighted by Gasteiger charge is 2.13. The molecule has 18 heavy (non-hydrogen) atoms. The highest BCUT2D eigenvalue weighted by atomic mass is 32.1. The standard InChI is InChI=1S/C14H18N2OS/c1-9(2)17-12-8-6-5-7-11(12)13-10(3)16-14(15-4)18-13/h5-9H,1-4H3,(H,15,16). The number of hydrogen-bond donors (Lipinski definition) is 1. The molecule has 0 amide bonds. The van der Waals surface area contributed by atoms with Crippen LogP contribution < -0.4 is 10.1 Å². The molecule has 0 bridgehead atoms. The Bertz CT molecular complexity index is 534. The van der Waals surface area contributed by atoms with Gasteiger partial charge in [-0.25, -0.2) is 4.98 Å². The van der Waals surface area contributed by atoms with Gasteiger partial charge in [-0.3, -0.25) is 0 Å². The van der Waals surface area contributed by atoms with Crippen LogP contribution in [0.5, 0.6) is 5.75 Å². The highest BCUT2D eigenvalue weighted by molar-refractivity contribution is 7.19. The topological polar surface area (TPSA) is 34.2 Å². The molecule has 4 heteroatoms. The molecule has 1 aromatic heterocycles. The lowest BCUT2D eigenvalue weighted by atomic mass is 10.1. The molecule has 0 aliphatic carbocycles. The van der Waals surface area contributed by atoms with Crippen molar-refractivity contribution in [3.8, 4) is 16.2 Å². The minimum absolute atomic E-state index is 0.170. The van der Waals surface area contributed by atoms with Crippen molar-refractivity contribution in [2.45, 2.75) is 26.9 Å². The Hall–Kier alpha value is -1.55. The summed E-state index contributed by atoms with van der Waals surface area (Å²) in [5.74, 6) is 0.918. The zero-order valence-corrected chi connectivity index (χ0v) is 12.0. The summed E-state index contributed by atoms with van der Waals surface area (Å²) in [4.78, 5) is 5.64. The number of aryl methyl sites for hydroxylation is 1. The average molecular weight is 262 g/mol. The van der Waals surface area contributed by atoms with Crippen LogP contribution in [0, 0.1) is 6.92 Å². The van der Waals surface area contributed by atoms with Crippen molar-refractivity contribution < 1.29 is 4.74 Å². The average Bonchev–Trinajstić information content (AvgIpc) is 2.70. The molecular weight excluding hydrogens is 244 g/mol. The molecule has 0 aliphatic heterocycles. The molecule has 0 saturated carbocycles. The number of benzene rings is 1. The van der Waals surface area contributed by atoms with E-state index in [-0.39, 0.29) is 6.10 Å². The zero-order valence-electron chi connectivity index (χ0n) is 11.2. The van der Waals surface area contributed by atoms with Gasteiger partial charge in [-0.1, -0.05) is 23.5 Å². The SMILES string of the molecule is CNc1nc(C)c(-c2ccccc2OC(C)C)s1. The van der Waals surface area contributed by atoms with Crippen LogP contribution in [0.25, 0.3) is 10.4 Å². The fourth-order valence-electron chi connectivity index (χ4n) is 1.76. The number of thiazole rings is 1. The number of aromatic nitrogens is 1. The van der Waals surface area contributed by atoms with E-state index in [4.69, 9.17) is 4.74 Å². The molecule has 3 nitrogen and oxygen atoms in total. The van der Waals surface area contributed by atoms with Gasteiger partial charge in [0.25, 0.3) is 0 Å². The Kier molecular flexibility index (Phi) is 3.87. The van der Waals surface area contributed by atoms with Gasteiger partial charge in [0.05, 0.1) is 16.7 Å². The van der Waals surface area contributed by atoms with Gasteiger partial charge in [-0.05, 0) is 32.9 Å². The summed E-state index contributed by atoms with van der Waals surface area (Å²) in [5.41, 5.74) is 2.15. The molecular formula is C14H18N2OS. The summed E-state index contributed by atoms with van der Waals surface area (Å²) in [5, 5.41) is 4.02. The van der Waals surface area contributed by atoms with Gasteiger partial charge < -0.3 is 10.1 Å². The predicted molar refractivity (Wildman–Crippen MR) is 77.6 cm³/mol. The molecule has 0 atom stereocenters. The third-order valence-electron chi connectivity index (χ3n) is 2.50. The molecule has 2 aromatic rings. The smallest absolute Gasteiger partial charge is 0.183 e. The van der Waals surface area contributed by atoms with E-state index in [1.807, 2.05) is 46.0 Å². The molecule has 1 heterocycles. The maximum absolute atomic E-state index is 5.86. The van der Waals surface area contributed by atoms with E-state index in [0.29, 0.717) is 0 Å². The minimum atomic E-state index is 0.170. The Labute approximate surface area is 112 Å². The summed E-state index contributed by atoms with van der Waals surface area (Å²) < 4.78 is 5.86. The summed E-state index contributed by atoms with van der Waals surface area (Å²) in [7, 11) is 1.89. The fraction of sp³-hybridized carbons (Fsp3) is 0.357. The largest absolute Gasteiger partial charge is 0.490 e. The van der Waals surface area contributed by atoms with Crippen LogP contribution in [-0.4, -0.2) is 18.1 Å². The first-order chi connectivity index (χ1) is 8.61. The van der Waals surface area contributed by atoms with Crippen molar-refractivity contribution >= 4 is 16.5 Å². The lowest BCUT2D eigenvalue weighted by molar-refractivity contribution is 0.243. The van der Waals surface area contributed by atoms with E-state index in [9.17, 15) is 0 Å². The zero-order chi connectivity index (χ0) is 13.1. The highest BCUT2D eigenvalue weighted by Crippen LogP contribution is 2.38. The van der Waals surface area contributed by atoms with E-state index in [0.717, 1.165) is 27.0 Å². The number of hydrogen-bond acceptors (Lipinski definition) is 4. The first-order valence-corrected chi connectivity index (χ1v) is 6.84. The first-order valence-electron chi connectivity index (χ1n) is 6.03. The molecule has 2 rings (SSSR count). The summed E-state index contributed by atoms with van der Waals surface area (Å²) in [6.07, 6.45) is 0.170. The molecule has 0 spiro atoms. The van der Waals surface area contributed by atoms with Crippen molar-refractivity contribution in [1.82, 2.24) is 4.98 Å². The number of para-hydroxylation sites is 1. The molecule has 0 radical (unpaired) electrons.